The van der Waals surface area contributed by atoms with Crippen LogP contribution >= 0.6 is 0 Å². The fraction of sp³-hybridized carbons (Fsp3) is 0.0909. The van der Waals surface area contributed by atoms with E-state index < -0.39 is 32.8 Å². The molecule has 0 aliphatic carbocycles. The second kappa shape index (κ2) is 10.2. The van der Waals surface area contributed by atoms with Crippen molar-refractivity contribution in [1.29, 1.82) is 0 Å². The molecule has 0 saturated heterocycles. The van der Waals surface area contributed by atoms with E-state index in [1.54, 1.807) is 30.3 Å². The lowest BCUT2D eigenvalue weighted by atomic mass is 10.2. The molecule has 11 heteroatoms. The number of rotatable bonds is 7. The third-order valence-corrected chi connectivity index (χ3v) is 5.41. The van der Waals surface area contributed by atoms with Crippen molar-refractivity contribution in [3.05, 3.63) is 95.6 Å². The Morgan fingerprint density at radius 1 is 0.939 bits per heavy atom. The summed E-state index contributed by atoms with van der Waals surface area (Å²) in [5, 5.41) is 3.71. The van der Waals surface area contributed by atoms with Crippen LogP contribution < -0.4 is 9.61 Å². The summed E-state index contributed by atoms with van der Waals surface area (Å²) in [5.41, 5.74) is 2.13. The smallest absolute Gasteiger partial charge is 0.428 e. The quantitative estimate of drug-likeness (QED) is 0.301. The Balaban J connectivity index is 1.65. The van der Waals surface area contributed by atoms with E-state index in [1.165, 1.54) is 18.2 Å². The molecule has 0 heterocycles. The molecule has 33 heavy (non-hydrogen) atoms. The normalized spacial score (nSPS) is 11.8. The molecule has 3 rings (SSSR count). The van der Waals surface area contributed by atoms with Gasteiger partial charge in [-0.1, -0.05) is 42.5 Å². The van der Waals surface area contributed by atoms with Gasteiger partial charge in [-0.05, 0) is 42.0 Å². The number of hydrogen-bond donors (Lipinski definition) is 1. The van der Waals surface area contributed by atoms with Crippen LogP contribution in [0.4, 0.5) is 18.0 Å². The van der Waals surface area contributed by atoms with Crippen molar-refractivity contribution in [1.82, 2.24) is 5.43 Å². The van der Waals surface area contributed by atoms with E-state index in [-0.39, 0.29) is 17.9 Å². The van der Waals surface area contributed by atoms with Crippen molar-refractivity contribution in [2.75, 3.05) is 0 Å². The molecule has 172 valence electrons. The topological polar surface area (TPSA) is 94.1 Å². The first-order valence-electron chi connectivity index (χ1n) is 9.36. The Kier molecular flexibility index (Phi) is 7.34. The maximum atomic E-state index is 12.7. The summed E-state index contributed by atoms with van der Waals surface area (Å²) in [7, 11) is -4.42. The first kappa shape index (κ1) is 23.8. The minimum Gasteiger partial charge on any atom is -0.443 e. The molecule has 0 bridgehead atoms. The van der Waals surface area contributed by atoms with Crippen LogP contribution in [-0.2, 0) is 27.6 Å². The molecule has 7 nitrogen and oxygen atoms in total. The van der Waals surface area contributed by atoms with Crippen LogP contribution in [0, 0.1) is 0 Å². The van der Waals surface area contributed by atoms with Crippen molar-refractivity contribution in [2.24, 2.45) is 5.10 Å². The Hall–Kier alpha value is -3.86. The first-order chi connectivity index (χ1) is 15.6. The lowest BCUT2D eigenvalue weighted by Crippen LogP contribution is -2.19. The van der Waals surface area contributed by atoms with Gasteiger partial charge in [0, 0.05) is 5.56 Å². The Morgan fingerprint density at radius 2 is 1.58 bits per heavy atom. The molecule has 0 aliphatic rings. The zero-order valence-corrected chi connectivity index (χ0v) is 17.6. The number of alkyl halides is 3. The Morgan fingerprint density at radius 3 is 2.24 bits per heavy atom. The third kappa shape index (κ3) is 6.81. The van der Waals surface area contributed by atoms with Crippen molar-refractivity contribution >= 4 is 22.4 Å². The molecule has 0 spiro atoms. The molecule has 0 saturated carbocycles. The van der Waals surface area contributed by atoms with Gasteiger partial charge >= 0.3 is 22.4 Å². The first-order valence-corrected chi connectivity index (χ1v) is 10.8. The summed E-state index contributed by atoms with van der Waals surface area (Å²) >= 11 is 0. The molecule has 1 amide bonds. The van der Waals surface area contributed by atoms with Gasteiger partial charge in [0.15, 0.2) is 5.75 Å². The summed E-state index contributed by atoms with van der Waals surface area (Å²) in [6.07, 6.45) is -4.28. The second-order valence-electron chi connectivity index (χ2n) is 6.53. The molecule has 1 N–H and O–H groups in total. The van der Waals surface area contributed by atoms with Gasteiger partial charge in [-0.25, -0.2) is 10.2 Å². The van der Waals surface area contributed by atoms with Gasteiger partial charge in [0.25, 0.3) is 0 Å². The highest BCUT2D eigenvalue weighted by Crippen LogP contribution is 2.30. The summed E-state index contributed by atoms with van der Waals surface area (Å²) < 4.78 is 73.1. The molecule has 0 fully saturated rings. The minimum atomic E-state index is -4.60. The molecular formula is C22H17F3N2O5S. The predicted molar refractivity (Wildman–Crippen MR) is 113 cm³/mol. The molecule has 3 aromatic carbocycles. The number of ether oxygens (including phenoxy) is 1. The highest BCUT2D eigenvalue weighted by atomic mass is 32.2. The zero-order valence-electron chi connectivity index (χ0n) is 16.8. The largest absolute Gasteiger partial charge is 0.443 e. The second-order valence-corrected chi connectivity index (χ2v) is 8.08. The fourth-order valence-corrected chi connectivity index (χ4v) is 3.50. The molecule has 3 aromatic rings. The number of carbonyl (C=O) groups excluding carboxylic acids is 1. The van der Waals surface area contributed by atoms with Gasteiger partial charge in [0.2, 0.25) is 0 Å². The molecule has 0 aromatic heterocycles. The van der Waals surface area contributed by atoms with E-state index >= 15 is 0 Å². The van der Waals surface area contributed by atoms with E-state index in [9.17, 15) is 26.4 Å². The standard InChI is InChI=1S/C22H17F3N2O5S/c23-22(24,25)18-10-12-19(13-11-18)33(29,30)32-20-9-5-4-8-17(20)14-26-27-21(28)31-15-16-6-2-1-3-7-16/h1-14H,15H2,(H,27,28)/b26-14+. The van der Waals surface area contributed by atoms with Crippen LogP contribution in [0.3, 0.4) is 0 Å². The van der Waals surface area contributed by atoms with Crippen LogP contribution in [0.15, 0.2) is 88.9 Å². The zero-order chi connectivity index (χ0) is 23.9. The maximum Gasteiger partial charge on any atom is 0.428 e. The number of carbonyl (C=O) groups is 1. The average molecular weight is 478 g/mol. The van der Waals surface area contributed by atoms with Gasteiger partial charge in [0.05, 0.1) is 11.8 Å². The lowest BCUT2D eigenvalue weighted by molar-refractivity contribution is -0.137. The Labute approximate surface area is 187 Å². The highest BCUT2D eigenvalue weighted by Gasteiger charge is 2.31. The maximum absolute atomic E-state index is 12.7. The third-order valence-electron chi connectivity index (χ3n) is 4.16. The number of para-hydroxylation sites is 1. The number of benzene rings is 3. The number of amides is 1. The highest BCUT2D eigenvalue weighted by molar-refractivity contribution is 7.87. The van der Waals surface area contributed by atoms with Crippen LogP contribution in [0.1, 0.15) is 16.7 Å². The molecule has 0 aliphatic heterocycles. The molecule has 0 atom stereocenters. The molecule has 0 unspecified atom stereocenters. The van der Waals surface area contributed by atoms with Gasteiger partial charge in [-0.15, -0.1) is 0 Å². The van der Waals surface area contributed by atoms with E-state index in [0.29, 0.717) is 12.1 Å². The van der Waals surface area contributed by atoms with Crippen molar-refractivity contribution in [2.45, 2.75) is 17.7 Å². The Bertz CT molecular complexity index is 1230. The van der Waals surface area contributed by atoms with E-state index in [1.807, 2.05) is 6.07 Å². The van der Waals surface area contributed by atoms with Gasteiger partial charge < -0.3 is 8.92 Å². The van der Waals surface area contributed by atoms with Gasteiger partial charge in [-0.3, -0.25) is 0 Å². The van der Waals surface area contributed by atoms with E-state index in [2.05, 4.69) is 10.5 Å². The molecular weight excluding hydrogens is 461 g/mol. The predicted octanol–water partition coefficient (Wildman–Crippen LogP) is 4.73. The number of hydrazone groups is 1. The van der Waals surface area contributed by atoms with Crippen LogP contribution in [0.2, 0.25) is 0 Å². The number of hydrogen-bond acceptors (Lipinski definition) is 6. The van der Waals surface area contributed by atoms with Gasteiger partial charge in [0.1, 0.15) is 11.5 Å². The number of nitrogens with one attached hydrogen (secondary N) is 1. The monoisotopic (exact) mass is 478 g/mol. The number of halogens is 3. The van der Waals surface area contributed by atoms with Crippen LogP contribution in [0.25, 0.3) is 0 Å². The summed E-state index contributed by atoms with van der Waals surface area (Å²) in [5.74, 6) is -0.138. The summed E-state index contributed by atoms with van der Waals surface area (Å²) in [4.78, 5) is 11.3. The van der Waals surface area contributed by atoms with Crippen molar-refractivity contribution in [3.63, 3.8) is 0 Å². The SMILES string of the molecule is O=C(N/N=C/c1ccccc1OS(=O)(=O)c1ccc(C(F)(F)F)cc1)OCc1ccccc1. The van der Waals surface area contributed by atoms with E-state index in [0.717, 1.165) is 23.9 Å². The average Bonchev–Trinajstić information content (AvgIpc) is 2.79. The van der Waals surface area contributed by atoms with Crippen molar-refractivity contribution < 1.29 is 35.3 Å². The fourth-order valence-electron chi connectivity index (χ4n) is 2.55. The molecule has 0 radical (unpaired) electrons. The van der Waals surface area contributed by atoms with Crippen LogP contribution in [0.5, 0.6) is 5.75 Å². The lowest BCUT2D eigenvalue weighted by Gasteiger charge is -2.11. The van der Waals surface area contributed by atoms with Gasteiger partial charge in [-0.2, -0.15) is 26.7 Å². The minimum absolute atomic E-state index is 0.0350. The number of nitrogens with zero attached hydrogens (tertiary/aromatic N) is 1. The summed E-state index contributed by atoms with van der Waals surface area (Å²) in [6, 6.07) is 17.8. The summed E-state index contributed by atoms with van der Waals surface area (Å²) in [6.45, 7) is 0.0350. The van der Waals surface area contributed by atoms with Crippen molar-refractivity contribution in [3.8, 4) is 5.75 Å². The van der Waals surface area contributed by atoms with E-state index in [4.69, 9.17) is 8.92 Å². The van der Waals surface area contributed by atoms with Crippen LogP contribution in [-0.4, -0.2) is 20.7 Å².